The SMILES string of the molecule is COC(=O)COC1(OO)c2ccccc2C(=O)c2cc(C)ccc21. The average molecular weight is 328 g/mol. The van der Waals surface area contributed by atoms with E-state index in [1.807, 2.05) is 6.92 Å². The van der Waals surface area contributed by atoms with E-state index in [1.54, 1.807) is 42.5 Å². The van der Waals surface area contributed by atoms with E-state index < -0.39 is 18.4 Å². The average Bonchev–Trinajstić information content (AvgIpc) is 2.62. The van der Waals surface area contributed by atoms with Gasteiger partial charge in [0.05, 0.1) is 7.11 Å². The highest BCUT2D eigenvalue weighted by molar-refractivity contribution is 6.13. The lowest BCUT2D eigenvalue weighted by molar-refractivity contribution is -0.394. The van der Waals surface area contributed by atoms with Crippen LogP contribution in [0.15, 0.2) is 42.5 Å². The Bertz CT molecular complexity index is 813. The number of methoxy groups -OCH3 is 1. The summed E-state index contributed by atoms with van der Waals surface area (Å²) in [5.74, 6) is -2.60. The third-order valence-corrected chi connectivity index (χ3v) is 4.05. The van der Waals surface area contributed by atoms with E-state index in [-0.39, 0.29) is 5.78 Å². The second-order valence-corrected chi connectivity index (χ2v) is 5.50. The molecule has 2 aromatic carbocycles. The fourth-order valence-corrected chi connectivity index (χ4v) is 2.89. The summed E-state index contributed by atoms with van der Waals surface area (Å²) in [5, 5.41) is 9.69. The third-order valence-electron chi connectivity index (χ3n) is 4.05. The highest BCUT2D eigenvalue weighted by Crippen LogP contribution is 2.43. The molecular weight excluding hydrogens is 312 g/mol. The lowest BCUT2D eigenvalue weighted by atomic mass is 9.80. The summed E-state index contributed by atoms with van der Waals surface area (Å²) in [6, 6.07) is 11.8. The molecule has 0 saturated heterocycles. The van der Waals surface area contributed by atoms with Crippen molar-refractivity contribution in [3.8, 4) is 0 Å². The monoisotopic (exact) mass is 328 g/mol. The van der Waals surface area contributed by atoms with Crippen LogP contribution in [0.25, 0.3) is 0 Å². The first-order valence-corrected chi connectivity index (χ1v) is 7.32. The standard InChI is InChI=1S/C18H16O6/c1-11-7-8-15-13(9-11)17(20)12-5-3-4-6-14(12)18(15,24-21)23-10-16(19)22-2/h3-9,21H,10H2,1-2H3. The van der Waals surface area contributed by atoms with Gasteiger partial charge in [-0.1, -0.05) is 42.0 Å². The lowest BCUT2D eigenvalue weighted by Gasteiger charge is -2.36. The summed E-state index contributed by atoms with van der Waals surface area (Å²) in [7, 11) is 1.23. The van der Waals surface area contributed by atoms with Gasteiger partial charge in [-0.05, 0) is 13.0 Å². The minimum absolute atomic E-state index is 0.196. The smallest absolute Gasteiger partial charge is 0.331 e. The Hall–Kier alpha value is -2.54. The number of ketones is 1. The van der Waals surface area contributed by atoms with Crippen molar-refractivity contribution in [1.82, 2.24) is 0 Å². The molecule has 1 aliphatic rings. The fraction of sp³-hybridized carbons (Fsp3) is 0.222. The minimum atomic E-state index is -1.78. The van der Waals surface area contributed by atoms with E-state index in [0.29, 0.717) is 22.3 Å². The van der Waals surface area contributed by atoms with Crippen LogP contribution in [0.1, 0.15) is 32.6 Å². The number of benzene rings is 2. The van der Waals surface area contributed by atoms with E-state index in [4.69, 9.17) is 9.62 Å². The van der Waals surface area contributed by atoms with Gasteiger partial charge in [0, 0.05) is 22.3 Å². The van der Waals surface area contributed by atoms with Crippen LogP contribution in [0.2, 0.25) is 0 Å². The Labute approximate surface area is 138 Å². The van der Waals surface area contributed by atoms with E-state index in [2.05, 4.69) is 4.74 Å². The predicted molar refractivity (Wildman–Crippen MR) is 83.5 cm³/mol. The van der Waals surface area contributed by atoms with Crippen molar-refractivity contribution in [3.05, 3.63) is 70.3 Å². The maximum atomic E-state index is 12.8. The first-order valence-electron chi connectivity index (χ1n) is 7.32. The van der Waals surface area contributed by atoms with E-state index >= 15 is 0 Å². The van der Waals surface area contributed by atoms with Gasteiger partial charge in [0.1, 0.15) is 6.61 Å². The summed E-state index contributed by atoms with van der Waals surface area (Å²) in [6.07, 6.45) is 0. The van der Waals surface area contributed by atoms with Crippen LogP contribution in [-0.2, 0) is 24.9 Å². The Balaban J connectivity index is 2.22. The molecule has 3 rings (SSSR count). The van der Waals surface area contributed by atoms with Crippen LogP contribution in [-0.4, -0.2) is 30.7 Å². The minimum Gasteiger partial charge on any atom is -0.467 e. The number of carbonyl (C=O) groups excluding carboxylic acids is 2. The molecule has 6 nitrogen and oxygen atoms in total. The number of fused-ring (bicyclic) bond motifs is 2. The summed E-state index contributed by atoms with van der Waals surface area (Å²) in [5.41, 5.74) is 2.24. The Kier molecular flexibility index (Phi) is 4.19. The van der Waals surface area contributed by atoms with Crippen LogP contribution in [0.4, 0.5) is 0 Å². The highest BCUT2D eigenvalue weighted by atomic mass is 17.1. The van der Waals surface area contributed by atoms with Gasteiger partial charge in [-0.25, -0.2) is 10.1 Å². The number of hydrogen-bond donors (Lipinski definition) is 1. The molecule has 0 amide bonds. The van der Waals surface area contributed by atoms with E-state index in [0.717, 1.165) is 5.56 Å². The van der Waals surface area contributed by atoms with Gasteiger partial charge in [0.15, 0.2) is 5.78 Å². The molecule has 0 aliphatic heterocycles. The summed E-state index contributed by atoms with van der Waals surface area (Å²) in [4.78, 5) is 29.0. The molecular formula is C18H16O6. The van der Waals surface area contributed by atoms with Crippen LogP contribution in [0.3, 0.4) is 0 Å². The zero-order valence-electron chi connectivity index (χ0n) is 13.2. The van der Waals surface area contributed by atoms with Crippen molar-refractivity contribution in [2.45, 2.75) is 12.7 Å². The number of ether oxygens (including phenoxy) is 2. The number of carbonyl (C=O) groups is 2. The molecule has 2 aromatic rings. The molecule has 6 heteroatoms. The van der Waals surface area contributed by atoms with E-state index in [1.165, 1.54) is 7.11 Å². The molecule has 0 fully saturated rings. The molecule has 1 aliphatic carbocycles. The molecule has 0 bridgehead atoms. The van der Waals surface area contributed by atoms with E-state index in [9.17, 15) is 14.8 Å². The van der Waals surface area contributed by atoms with Crippen LogP contribution < -0.4 is 0 Å². The summed E-state index contributed by atoms with van der Waals surface area (Å²) in [6.45, 7) is 1.40. The molecule has 124 valence electrons. The van der Waals surface area contributed by atoms with Gasteiger partial charge in [0.25, 0.3) is 5.79 Å². The van der Waals surface area contributed by atoms with Crippen molar-refractivity contribution in [3.63, 3.8) is 0 Å². The van der Waals surface area contributed by atoms with Gasteiger partial charge in [-0.2, -0.15) is 4.89 Å². The number of rotatable bonds is 4. The fourth-order valence-electron chi connectivity index (χ4n) is 2.89. The van der Waals surface area contributed by atoms with Gasteiger partial charge in [-0.15, -0.1) is 0 Å². The second kappa shape index (κ2) is 6.16. The predicted octanol–water partition coefficient (Wildman–Crippen LogP) is 2.42. The van der Waals surface area contributed by atoms with Crippen molar-refractivity contribution < 1.29 is 29.2 Å². The molecule has 1 unspecified atom stereocenters. The van der Waals surface area contributed by atoms with Crippen LogP contribution in [0.5, 0.6) is 0 Å². The highest BCUT2D eigenvalue weighted by Gasteiger charge is 2.47. The Morgan fingerprint density at radius 2 is 1.83 bits per heavy atom. The van der Waals surface area contributed by atoms with Crippen LogP contribution >= 0.6 is 0 Å². The maximum absolute atomic E-state index is 12.8. The summed E-state index contributed by atoms with van der Waals surface area (Å²) < 4.78 is 10.2. The third kappa shape index (κ3) is 2.41. The molecule has 0 aromatic heterocycles. The number of esters is 1. The van der Waals surface area contributed by atoms with Gasteiger partial charge >= 0.3 is 5.97 Å². The molecule has 1 N–H and O–H groups in total. The Morgan fingerprint density at radius 1 is 1.12 bits per heavy atom. The van der Waals surface area contributed by atoms with Crippen molar-refractivity contribution in [1.29, 1.82) is 0 Å². The van der Waals surface area contributed by atoms with Crippen molar-refractivity contribution in [2.24, 2.45) is 0 Å². The Morgan fingerprint density at radius 3 is 2.54 bits per heavy atom. The molecule has 1 atom stereocenters. The van der Waals surface area contributed by atoms with Crippen molar-refractivity contribution >= 4 is 11.8 Å². The lowest BCUT2D eigenvalue weighted by Crippen LogP contribution is -2.41. The molecule has 0 spiro atoms. The first kappa shape index (κ1) is 16.3. The normalized spacial score (nSPS) is 18.7. The quantitative estimate of drug-likeness (QED) is 0.402. The number of aryl methyl sites for hydroxylation is 1. The van der Waals surface area contributed by atoms with Gasteiger partial charge in [0.2, 0.25) is 0 Å². The summed E-state index contributed by atoms with van der Waals surface area (Å²) >= 11 is 0. The first-order chi connectivity index (χ1) is 11.5. The maximum Gasteiger partial charge on any atom is 0.331 e. The zero-order valence-corrected chi connectivity index (χ0v) is 13.2. The molecule has 24 heavy (non-hydrogen) atoms. The van der Waals surface area contributed by atoms with Crippen molar-refractivity contribution in [2.75, 3.05) is 13.7 Å². The topological polar surface area (TPSA) is 82.1 Å². The van der Waals surface area contributed by atoms with Crippen LogP contribution in [0, 0.1) is 6.92 Å². The molecule has 0 radical (unpaired) electrons. The molecule has 0 saturated carbocycles. The second-order valence-electron chi connectivity index (χ2n) is 5.50. The molecule has 0 heterocycles. The zero-order chi connectivity index (χ0) is 17.3. The number of hydrogen-bond acceptors (Lipinski definition) is 6. The van der Waals surface area contributed by atoms with Gasteiger partial charge in [-0.3, -0.25) is 4.79 Å². The van der Waals surface area contributed by atoms with Gasteiger partial charge < -0.3 is 9.47 Å². The largest absolute Gasteiger partial charge is 0.467 e.